The lowest BCUT2D eigenvalue weighted by atomic mass is 9.91. The van der Waals surface area contributed by atoms with E-state index in [0.717, 1.165) is 6.42 Å². The van der Waals surface area contributed by atoms with E-state index in [1.54, 1.807) is 0 Å². The zero-order valence-electron chi connectivity index (χ0n) is 27.9. The minimum atomic E-state index is -8.05. The molecule has 1 atom stereocenters. The molecule has 0 bridgehead atoms. The Kier molecular flexibility index (Phi) is 15.9. The van der Waals surface area contributed by atoms with Gasteiger partial charge in [0.25, 0.3) is 0 Å². The van der Waals surface area contributed by atoms with Crippen LogP contribution in [-0.4, -0.2) is 79.1 Å². The summed E-state index contributed by atoms with van der Waals surface area (Å²) in [4.78, 5) is 0. The van der Waals surface area contributed by atoms with Crippen molar-refractivity contribution in [2.24, 2.45) is 0 Å². The van der Waals surface area contributed by atoms with Gasteiger partial charge in [0.2, 0.25) is 0 Å². The molecule has 1 unspecified atom stereocenters. The van der Waals surface area contributed by atoms with Gasteiger partial charge in [-0.25, -0.2) is 0 Å². The van der Waals surface area contributed by atoms with Crippen molar-refractivity contribution >= 4 is 63.8 Å². The van der Waals surface area contributed by atoms with Gasteiger partial charge in [0.05, 0.1) is 20.5 Å². The Balaban J connectivity index is 0.00000115. The zero-order valence-corrected chi connectivity index (χ0v) is 33.2. The van der Waals surface area contributed by atoms with Gasteiger partial charge in [-0.15, -0.1) is 0 Å². The van der Waals surface area contributed by atoms with Crippen LogP contribution in [0, 0.1) is 6.42 Å². The highest BCUT2D eigenvalue weighted by atomic mass is 32.2. The first-order valence-electron chi connectivity index (χ1n) is 13.6. The van der Waals surface area contributed by atoms with Crippen LogP contribution in [0.5, 0.6) is 0 Å². The molecule has 0 radical (unpaired) electrons. The van der Waals surface area contributed by atoms with Crippen molar-refractivity contribution in [2.45, 2.75) is 86.3 Å². The molecule has 1 aromatic rings. The van der Waals surface area contributed by atoms with Crippen molar-refractivity contribution in [3.63, 3.8) is 0 Å². The van der Waals surface area contributed by atoms with Crippen molar-refractivity contribution in [3.8, 4) is 0 Å². The van der Waals surface area contributed by atoms with Crippen molar-refractivity contribution in [1.82, 2.24) is 0 Å². The van der Waals surface area contributed by atoms with E-state index in [4.69, 9.17) is 4.43 Å². The van der Waals surface area contributed by atoms with Gasteiger partial charge >= 0.3 is 69.5 Å². The summed E-state index contributed by atoms with van der Waals surface area (Å²) in [5.41, 5.74) is -27.4. The second kappa shape index (κ2) is 16.4. The van der Waals surface area contributed by atoms with Crippen LogP contribution in [0.3, 0.4) is 0 Å². The summed E-state index contributed by atoms with van der Waals surface area (Å²) >= 11 is 0. The van der Waals surface area contributed by atoms with Crippen LogP contribution in [0.4, 0.5) is 52.7 Å². The van der Waals surface area contributed by atoms with Gasteiger partial charge in [0.15, 0.2) is 8.32 Å². The predicted octanol–water partition coefficient (Wildman–Crippen LogP) is 6.57. The van der Waals surface area contributed by atoms with E-state index in [1.807, 2.05) is 0 Å². The Morgan fingerprint density at radius 3 is 1.08 bits per heavy atom. The highest BCUT2D eigenvalue weighted by Crippen LogP contribution is 2.40. The quantitative estimate of drug-likeness (QED) is 0.0798. The predicted molar refractivity (Wildman–Crippen MR) is 165 cm³/mol. The SMILES string of the molecule is CC(C[CH+]C[Si](C)(C)C)(O[Si](C)(C)C)c1ccccc1.O=S(=O)(O[B-](OS(=O)(=O)C(F)(F)F)(OS(=O)(=O)C(F)(F)F)OS(=O)(=O)C(F)(F)F)C(F)(F)F. The van der Waals surface area contributed by atoms with Crippen molar-refractivity contribution < 1.29 is 107 Å². The Labute approximate surface area is 298 Å². The molecule has 0 spiro atoms. The Hall–Kier alpha value is -1.65. The summed E-state index contributed by atoms with van der Waals surface area (Å²) < 4.78 is 251. The molecule has 0 fully saturated rings. The lowest BCUT2D eigenvalue weighted by molar-refractivity contribution is -0.0651. The molecule has 13 nitrogen and oxygen atoms in total. The topological polar surface area (TPSA) is 183 Å². The average Bonchev–Trinajstić information content (AvgIpc) is 2.83. The highest BCUT2D eigenvalue weighted by Gasteiger charge is 2.64. The molecule has 1 rings (SSSR count). The summed E-state index contributed by atoms with van der Waals surface area (Å²) in [5, 5.41) is 0. The maximum atomic E-state index is 12.4. The minimum absolute atomic E-state index is 0.175. The lowest BCUT2D eigenvalue weighted by Crippen LogP contribution is -2.59. The van der Waals surface area contributed by atoms with Gasteiger partial charge in [0, 0.05) is 0 Å². The molecule has 53 heavy (non-hydrogen) atoms. The van der Waals surface area contributed by atoms with Gasteiger partial charge in [0.1, 0.15) is 12.0 Å². The second-order valence-corrected chi connectivity index (χ2v) is 28.8. The van der Waals surface area contributed by atoms with Gasteiger partial charge in [-0.2, -0.15) is 86.4 Å². The number of rotatable bonds is 15. The van der Waals surface area contributed by atoms with E-state index < -0.39 is 85.9 Å². The third kappa shape index (κ3) is 15.8. The first-order valence-corrected chi connectivity index (χ1v) is 26.4. The molecule has 0 aromatic heterocycles. The average molecular weight is 915 g/mol. The molecule has 0 aliphatic rings. The summed E-state index contributed by atoms with van der Waals surface area (Å²) in [6.07, 6.45) is 3.46. The first-order chi connectivity index (χ1) is 22.8. The molecule has 1 aromatic carbocycles. The maximum absolute atomic E-state index is 12.4. The monoisotopic (exact) mass is 914 g/mol. The van der Waals surface area contributed by atoms with Gasteiger partial charge in [-0.05, 0) is 32.1 Å². The molecule has 0 aliphatic heterocycles. The Morgan fingerprint density at radius 2 is 0.849 bits per heavy atom. The summed E-state index contributed by atoms with van der Waals surface area (Å²) in [6, 6.07) is 11.9. The zero-order chi connectivity index (χ0) is 42.8. The third-order valence-corrected chi connectivity index (χ3v) is 12.1. The molecule has 0 amide bonds. The number of benzene rings is 1. The Bertz CT molecular complexity index is 1640. The van der Waals surface area contributed by atoms with Crippen LogP contribution in [-0.2, 0) is 66.9 Å². The first kappa shape index (κ1) is 51.3. The lowest BCUT2D eigenvalue weighted by Gasteiger charge is -2.37. The van der Waals surface area contributed by atoms with E-state index in [-0.39, 0.29) is 5.60 Å². The van der Waals surface area contributed by atoms with E-state index in [9.17, 15) is 86.4 Å². The minimum Gasteiger partial charge on any atom is -0.404 e. The standard InChI is InChI=1S/C17H31OSi2.C4BF12O12S4/c1-17(18-20(5,6)7,14-11-15-19(2,3)4)16-12-9-8-10-13-16;6-1(7,8)30(18,19)26-5(27-31(20,21)2(9,10)11,28-32(22,23)3(12,13)14)29-33(24,25)4(15,16)17/h8-13H,14-15H2,1-7H3;/q+1;-1. The van der Waals surface area contributed by atoms with E-state index in [2.05, 4.69) is 99.4 Å². The Morgan fingerprint density at radius 1 is 0.566 bits per heavy atom. The fourth-order valence-corrected chi connectivity index (χ4v) is 8.41. The van der Waals surface area contributed by atoms with E-state index >= 15 is 0 Å². The van der Waals surface area contributed by atoms with Crippen LogP contribution in [0.2, 0.25) is 45.3 Å². The van der Waals surface area contributed by atoms with Crippen molar-refractivity contribution in [3.05, 3.63) is 42.3 Å². The highest BCUT2D eigenvalue weighted by molar-refractivity contribution is 7.93. The van der Waals surface area contributed by atoms with Crippen LogP contribution in [0.25, 0.3) is 0 Å². The molecule has 32 heteroatoms. The summed E-state index contributed by atoms with van der Waals surface area (Å²) in [7, 11) is -34.8. The van der Waals surface area contributed by atoms with E-state index in [1.165, 1.54) is 11.6 Å². The number of halogens is 12. The van der Waals surface area contributed by atoms with Gasteiger partial charge in [-0.3, -0.25) is 0 Å². The third-order valence-electron chi connectivity index (χ3n) is 5.32. The van der Waals surface area contributed by atoms with Crippen molar-refractivity contribution in [1.29, 1.82) is 0 Å². The number of alkyl halides is 12. The molecule has 312 valence electrons. The summed E-state index contributed by atoms with van der Waals surface area (Å²) in [6.45, 7) is 8.44. The smallest absolute Gasteiger partial charge is 0.404 e. The normalized spacial score (nSPS) is 16.0. The fraction of sp³-hybridized carbons (Fsp3) is 0.667. The molecule has 0 aliphatic carbocycles. The maximum Gasteiger partial charge on any atom is 0.587 e. The van der Waals surface area contributed by atoms with Gasteiger partial charge in [-0.1, -0.05) is 50.0 Å². The second-order valence-electron chi connectivity index (χ2n) is 12.6. The van der Waals surface area contributed by atoms with E-state index in [0.29, 0.717) is 0 Å². The molecule has 0 N–H and O–H groups in total. The number of hydrogen-bond donors (Lipinski definition) is 0. The van der Waals surface area contributed by atoms with Crippen molar-refractivity contribution in [2.75, 3.05) is 0 Å². The van der Waals surface area contributed by atoms with Crippen LogP contribution in [0.15, 0.2) is 30.3 Å². The molecule has 0 heterocycles. The molecular weight excluding hydrogens is 883 g/mol. The largest absolute Gasteiger partial charge is 0.587 e. The molecular formula is C21H31BF12O13S4Si2. The molecule has 0 saturated heterocycles. The van der Waals surface area contributed by atoms with Gasteiger partial charge < -0.3 is 20.8 Å². The number of hydrogen-bond acceptors (Lipinski definition) is 13. The van der Waals surface area contributed by atoms with Crippen LogP contribution >= 0.6 is 0 Å². The van der Waals surface area contributed by atoms with Crippen LogP contribution in [0.1, 0.15) is 18.9 Å². The fourth-order valence-electron chi connectivity index (χ4n) is 3.40. The molecule has 0 saturated carbocycles. The summed E-state index contributed by atoms with van der Waals surface area (Å²) in [5.74, 6) is 0. The van der Waals surface area contributed by atoms with Crippen LogP contribution < -0.4 is 0 Å².